The third-order valence-electron chi connectivity index (χ3n) is 8.11. The molecule has 0 radical (unpaired) electrons. The Morgan fingerprint density at radius 1 is 0.977 bits per heavy atom. The van der Waals surface area contributed by atoms with Gasteiger partial charge in [-0.1, -0.05) is 0 Å². The highest BCUT2D eigenvalue weighted by Crippen LogP contribution is 2.32. The molecule has 0 spiro atoms. The van der Waals surface area contributed by atoms with E-state index in [0.29, 0.717) is 68.9 Å². The van der Waals surface area contributed by atoms with Crippen molar-refractivity contribution in [1.29, 1.82) is 0 Å². The second-order valence-corrected chi connectivity index (χ2v) is 11.6. The van der Waals surface area contributed by atoms with Crippen molar-refractivity contribution >= 4 is 11.8 Å². The Kier molecular flexibility index (Phi) is 11.3. The molecule has 2 amide bonds. The van der Waals surface area contributed by atoms with Crippen molar-refractivity contribution in [3.8, 4) is 11.5 Å². The summed E-state index contributed by atoms with van der Waals surface area (Å²) in [7, 11) is 3.18. The average molecular weight is 606 g/mol. The highest BCUT2D eigenvalue weighted by atomic mass is 19.2. The highest BCUT2D eigenvalue weighted by Gasteiger charge is 2.38. The van der Waals surface area contributed by atoms with Gasteiger partial charge in [-0.3, -0.25) is 9.59 Å². The number of amides is 2. The minimum atomic E-state index is -1.30. The highest BCUT2D eigenvalue weighted by molar-refractivity contribution is 5.95. The van der Waals surface area contributed by atoms with E-state index in [9.17, 15) is 22.8 Å². The summed E-state index contributed by atoms with van der Waals surface area (Å²) in [6.07, 6.45) is 1.95. The second kappa shape index (κ2) is 14.9. The van der Waals surface area contributed by atoms with Gasteiger partial charge in [0, 0.05) is 75.6 Å². The minimum Gasteiger partial charge on any atom is -0.493 e. The van der Waals surface area contributed by atoms with Crippen LogP contribution in [0.4, 0.5) is 13.2 Å². The summed E-state index contributed by atoms with van der Waals surface area (Å²) < 4.78 is 58.2. The third-order valence-corrected chi connectivity index (χ3v) is 8.11. The average Bonchev–Trinajstić information content (AvgIpc) is 3.73. The van der Waals surface area contributed by atoms with Gasteiger partial charge < -0.3 is 29.3 Å². The fourth-order valence-electron chi connectivity index (χ4n) is 5.57. The Balaban J connectivity index is 1.45. The molecule has 1 aliphatic carbocycles. The van der Waals surface area contributed by atoms with Crippen molar-refractivity contribution in [2.75, 3.05) is 53.6 Å². The first-order valence-corrected chi connectivity index (χ1v) is 14.9. The summed E-state index contributed by atoms with van der Waals surface area (Å²) in [4.78, 5) is 30.6. The summed E-state index contributed by atoms with van der Waals surface area (Å²) in [6, 6.07) is 6.45. The molecule has 1 saturated heterocycles. The quantitative estimate of drug-likeness (QED) is 0.239. The third kappa shape index (κ3) is 8.41. The molecule has 2 aromatic carbocycles. The van der Waals surface area contributed by atoms with Gasteiger partial charge in [0.1, 0.15) is 5.82 Å². The van der Waals surface area contributed by atoms with Gasteiger partial charge >= 0.3 is 0 Å². The van der Waals surface area contributed by atoms with Crippen LogP contribution in [0.2, 0.25) is 0 Å². The van der Waals surface area contributed by atoms with Crippen LogP contribution in [-0.4, -0.2) is 87.3 Å². The molecule has 236 valence electrons. The molecule has 1 N–H and O–H groups in total. The Hall–Kier alpha value is -3.31. The van der Waals surface area contributed by atoms with Gasteiger partial charge in [0.25, 0.3) is 5.91 Å². The number of halogens is 3. The van der Waals surface area contributed by atoms with E-state index in [2.05, 4.69) is 5.32 Å². The van der Waals surface area contributed by atoms with Crippen molar-refractivity contribution in [2.45, 2.75) is 51.6 Å². The number of benzene rings is 2. The number of hydrogen-bond donors (Lipinski definition) is 1. The zero-order chi connectivity index (χ0) is 31.1. The number of carbonyl (C=O) groups excluding carboxylic acids is 2. The number of carbonyl (C=O) groups is 2. The van der Waals surface area contributed by atoms with E-state index < -0.39 is 23.9 Å². The molecule has 4 rings (SSSR count). The van der Waals surface area contributed by atoms with Crippen LogP contribution in [0, 0.1) is 29.3 Å². The summed E-state index contributed by atoms with van der Waals surface area (Å²) >= 11 is 0. The molecule has 8 nitrogen and oxygen atoms in total. The smallest absolute Gasteiger partial charge is 0.254 e. The first-order chi connectivity index (χ1) is 20.6. The zero-order valence-corrected chi connectivity index (χ0v) is 25.3. The molecule has 1 saturated carbocycles. The molecule has 1 aliphatic heterocycles. The van der Waals surface area contributed by atoms with Crippen molar-refractivity contribution < 1.29 is 37.0 Å². The summed E-state index contributed by atoms with van der Waals surface area (Å²) in [6.45, 7) is 7.13. The van der Waals surface area contributed by atoms with Gasteiger partial charge in [-0.05, 0) is 62.8 Å². The maximum Gasteiger partial charge on any atom is 0.254 e. The number of ether oxygens (including phenoxy) is 3. The van der Waals surface area contributed by atoms with E-state index in [1.807, 2.05) is 18.7 Å². The Bertz CT molecular complexity index is 1270. The summed E-state index contributed by atoms with van der Waals surface area (Å²) in [5.41, 5.74) is 0.199. The van der Waals surface area contributed by atoms with Crippen molar-refractivity contribution in [2.24, 2.45) is 11.8 Å². The number of nitrogens with one attached hydrogen (secondary N) is 1. The molecule has 2 aromatic rings. The fraction of sp³-hybridized carbons (Fsp3) is 0.562. The van der Waals surface area contributed by atoms with Crippen LogP contribution in [-0.2, 0) is 16.0 Å². The van der Waals surface area contributed by atoms with Crippen LogP contribution < -0.4 is 14.8 Å². The SMILES string of the molecule is COCCCOc1cc(C(=O)N(CC2CNCC2CN(C(=O)Cc2cc(F)cc(F)c2F)C2CC2)C(C)C)ccc1OC. The lowest BCUT2D eigenvalue weighted by Gasteiger charge is -2.34. The van der Waals surface area contributed by atoms with E-state index in [4.69, 9.17) is 14.2 Å². The Labute approximate surface area is 251 Å². The van der Waals surface area contributed by atoms with E-state index >= 15 is 0 Å². The first kappa shape index (κ1) is 32.6. The normalized spacial score (nSPS) is 18.1. The second-order valence-electron chi connectivity index (χ2n) is 11.6. The molecule has 0 bridgehead atoms. The van der Waals surface area contributed by atoms with Gasteiger partial charge in [-0.25, -0.2) is 13.2 Å². The van der Waals surface area contributed by atoms with Crippen molar-refractivity contribution in [3.05, 3.63) is 58.9 Å². The zero-order valence-electron chi connectivity index (χ0n) is 25.3. The maximum atomic E-state index is 14.3. The molecular formula is C32H42F3N3O5. The van der Waals surface area contributed by atoms with E-state index in [1.165, 1.54) is 0 Å². The number of rotatable bonds is 15. The summed E-state index contributed by atoms with van der Waals surface area (Å²) in [5.74, 6) is -2.78. The topological polar surface area (TPSA) is 80.3 Å². The van der Waals surface area contributed by atoms with E-state index in [1.54, 1.807) is 37.3 Å². The predicted molar refractivity (Wildman–Crippen MR) is 156 cm³/mol. The molecule has 2 unspecified atom stereocenters. The van der Waals surface area contributed by atoms with Crippen molar-refractivity contribution in [1.82, 2.24) is 15.1 Å². The minimum absolute atomic E-state index is 0.0275. The molecule has 2 aliphatic rings. The molecule has 2 atom stereocenters. The lowest BCUT2D eigenvalue weighted by atomic mass is 9.93. The van der Waals surface area contributed by atoms with Gasteiger partial charge in [-0.2, -0.15) is 0 Å². The van der Waals surface area contributed by atoms with Gasteiger partial charge in [0.05, 0.1) is 20.1 Å². The molecule has 11 heteroatoms. The summed E-state index contributed by atoms with van der Waals surface area (Å²) in [5, 5.41) is 3.40. The van der Waals surface area contributed by atoms with Crippen LogP contribution in [0.5, 0.6) is 11.5 Å². The van der Waals surface area contributed by atoms with Gasteiger partial charge in [0.15, 0.2) is 23.1 Å². The first-order valence-electron chi connectivity index (χ1n) is 14.9. The van der Waals surface area contributed by atoms with Crippen molar-refractivity contribution in [3.63, 3.8) is 0 Å². The van der Waals surface area contributed by atoms with Crippen LogP contribution in [0.3, 0.4) is 0 Å². The maximum absolute atomic E-state index is 14.3. The largest absolute Gasteiger partial charge is 0.493 e. The Morgan fingerprint density at radius 2 is 1.70 bits per heavy atom. The van der Waals surface area contributed by atoms with E-state index in [-0.39, 0.29) is 41.3 Å². The standard InChI is InChI=1S/C32H42F3N3O5/c1-20(2)37(32(40)21-6-9-28(42-4)29(13-21)43-11-5-10-41-3)18-23-16-36-17-24(23)19-38(26-7-8-26)30(39)14-22-12-25(33)15-27(34)31(22)35/h6,9,12-13,15,20,23-24,26,36H,5,7-8,10-11,14,16-19H2,1-4H3. The fourth-order valence-corrected chi connectivity index (χ4v) is 5.57. The van der Waals surface area contributed by atoms with Gasteiger partial charge in [0.2, 0.25) is 5.91 Å². The Morgan fingerprint density at radius 3 is 2.35 bits per heavy atom. The predicted octanol–water partition coefficient (Wildman–Crippen LogP) is 4.45. The number of nitrogens with zero attached hydrogens (tertiary/aromatic N) is 2. The van der Waals surface area contributed by atoms with Crippen LogP contribution in [0.15, 0.2) is 30.3 Å². The molecule has 1 heterocycles. The monoisotopic (exact) mass is 605 g/mol. The molecular weight excluding hydrogens is 563 g/mol. The van der Waals surface area contributed by atoms with E-state index in [0.717, 1.165) is 18.9 Å². The van der Waals surface area contributed by atoms with Gasteiger partial charge in [-0.15, -0.1) is 0 Å². The van der Waals surface area contributed by atoms with Crippen LogP contribution in [0.1, 0.15) is 49.0 Å². The van der Waals surface area contributed by atoms with Crippen LogP contribution >= 0.6 is 0 Å². The molecule has 43 heavy (non-hydrogen) atoms. The number of methoxy groups -OCH3 is 2. The molecule has 0 aromatic heterocycles. The molecule has 2 fully saturated rings. The lowest BCUT2D eigenvalue weighted by Crippen LogP contribution is -2.45. The number of hydrogen-bond acceptors (Lipinski definition) is 6. The van der Waals surface area contributed by atoms with Crippen LogP contribution in [0.25, 0.3) is 0 Å². The lowest BCUT2D eigenvalue weighted by molar-refractivity contribution is -0.131.